The Hall–Kier alpha value is -3.26. The molecule has 4 amide bonds. The Labute approximate surface area is 177 Å². The van der Waals surface area contributed by atoms with E-state index in [0.717, 1.165) is 15.8 Å². The number of carbonyl (C=O) groups is 3. The number of nitrogens with zero attached hydrogens (tertiary/aromatic N) is 2. The molecule has 2 aromatic heterocycles. The molecule has 0 bridgehead atoms. The van der Waals surface area contributed by atoms with Crippen LogP contribution in [0.3, 0.4) is 0 Å². The standard InChI is InChI=1S/C21H21ClN4O4/c22-15-4-3-14-7-9-25(18(14)12-15)10-8-23-19(27)6-5-17-20(28)26(21(29)24-17)13-16-2-1-11-30-16/h1-4,7,9,11-12,17H,5-6,8,10,13H2,(H,23,27)(H,24,29)/t17-/m1/s1. The second-order valence-electron chi connectivity index (χ2n) is 7.11. The van der Waals surface area contributed by atoms with Crippen LogP contribution in [0.4, 0.5) is 4.79 Å². The Balaban J connectivity index is 1.23. The lowest BCUT2D eigenvalue weighted by molar-refractivity contribution is -0.128. The number of fused-ring (bicyclic) bond motifs is 1. The van der Waals surface area contributed by atoms with Gasteiger partial charge >= 0.3 is 6.03 Å². The maximum atomic E-state index is 12.4. The summed E-state index contributed by atoms with van der Waals surface area (Å²) in [6.07, 6.45) is 3.82. The van der Waals surface area contributed by atoms with Crippen LogP contribution in [-0.4, -0.2) is 39.9 Å². The Morgan fingerprint density at radius 3 is 2.90 bits per heavy atom. The number of benzene rings is 1. The van der Waals surface area contributed by atoms with Gasteiger partial charge in [0, 0.05) is 36.2 Å². The number of rotatable bonds is 8. The zero-order chi connectivity index (χ0) is 21.1. The van der Waals surface area contributed by atoms with E-state index in [0.29, 0.717) is 23.9 Å². The number of imide groups is 1. The van der Waals surface area contributed by atoms with Gasteiger partial charge in [0.2, 0.25) is 5.91 Å². The fourth-order valence-electron chi connectivity index (χ4n) is 3.51. The van der Waals surface area contributed by atoms with Crippen LogP contribution in [0.15, 0.2) is 53.3 Å². The highest BCUT2D eigenvalue weighted by Gasteiger charge is 2.38. The zero-order valence-corrected chi connectivity index (χ0v) is 16.9. The molecule has 0 spiro atoms. The molecule has 1 saturated heterocycles. The summed E-state index contributed by atoms with van der Waals surface area (Å²) in [7, 11) is 0. The van der Waals surface area contributed by atoms with Gasteiger partial charge < -0.3 is 19.6 Å². The van der Waals surface area contributed by atoms with E-state index in [1.54, 1.807) is 12.1 Å². The summed E-state index contributed by atoms with van der Waals surface area (Å²) in [5.74, 6) is 0.00614. The van der Waals surface area contributed by atoms with Crippen molar-refractivity contribution in [3.8, 4) is 0 Å². The van der Waals surface area contributed by atoms with Crippen LogP contribution in [0.2, 0.25) is 5.02 Å². The van der Waals surface area contributed by atoms with Gasteiger partial charge in [-0.1, -0.05) is 17.7 Å². The van der Waals surface area contributed by atoms with Crippen molar-refractivity contribution >= 4 is 40.3 Å². The maximum absolute atomic E-state index is 12.4. The Kier molecular flexibility index (Phi) is 5.76. The van der Waals surface area contributed by atoms with Gasteiger partial charge in [0.05, 0.1) is 12.8 Å². The molecule has 1 aliphatic heterocycles. The molecule has 3 heterocycles. The topological polar surface area (TPSA) is 96.6 Å². The van der Waals surface area contributed by atoms with Gasteiger partial charge in [0.1, 0.15) is 11.8 Å². The summed E-state index contributed by atoms with van der Waals surface area (Å²) in [6, 6.07) is 9.90. The number of halogens is 1. The molecule has 156 valence electrons. The Morgan fingerprint density at radius 2 is 2.10 bits per heavy atom. The maximum Gasteiger partial charge on any atom is 0.325 e. The van der Waals surface area contributed by atoms with Crippen molar-refractivity contribution < 1.29 is 18.8 Å². The molecule has 1 aliphatic rings. The molecule has 0 saturated carbocycles. The number of aromatic nitrogens is 1. The highest BCUT2D eigenvalue weighted by Crippen LogP contribution is 2.20. The third-order valence-electron chi connectivity index (χ3n) is 5.07. The van der Waals surface area contributed by atoms with Crippen molar-refractivity contribution in [1.29, 1.82) is 0 Å². The normalized spacial score (nSPS) is 16.3. The summed E-state index contributed by atoms with van der Waals surface area (Å²) in [4.78, 5) is 37.8. The minimum absolute atomic E-state index is 0.0786. The first-order chi connectivity index (χ1) is 14.5. The molecule has 0 aliphatic carbocycles. The van der Waals surface area contributed by atoms with Crippen molar-refractivity contribution in [1.82, 2.24) is 20.1 Å². The van der Waals surface area contributed by atoms with Gasteiger partial charge in [0.15, 0.2) is 0 Å². The summed E-state index contributed by atoms with van der Waals surface area (Å²) in [6.45, 7) is 1.13. The van der Waals surface area contributed by atoms with Gasteiger partial charge in [-0.2, -0.15) is 0 Å². The number of hydrogen-bond acceptors (Lipinski definition) is 4. The molecular weight excluding hydrogens is 408 g/mol. The van der Waals surface area contributed by atoms with Crippen LogP contribution in [0.1, 0.15) is 18.6 Å². The quantitative estimate of drug-likeness (QED) is 0.539. The second-order valence-corrected chi connectivity index (χ2v) is 7.54. The monoisotopic (exact) mass is 428 g/mol. The van der Waals surface area contributed by atoms with E-state index in [1.807, 2.05) is 35.0 Å². The van der Waals surface area contributed by atoms with Gasteiger partial charge in [-0.05, 0) is 42.1 Å². The molecule has 2 N–H and O–H groups in total. The average Bonchev–Trinajstić information content (AvgIpc) is 3.43. The van der Waals surface area contributed by atoms with E-state index >= 15 is 0 Å². The lowest BCUT2D eigenvalue weighted by atomic mass is 10.1. The largest absolute Gasteiger partial charge is 0.467 e. The van der Waals surface area contributed by atoms with Crippen LogP contribution in [0.5, 0.6) is 0 Å². The van der Waals surface area contributed by atoms with Crippen LogP contribution >= 0.6 is 11.6 Å². The van der Waals surface area contributed by atoms with E-state index < -0.39 is 12.1 Å². The molecule has 3 aromatic rings. The second kappa shape index (κ2) is 8.62. The van der Waals surface area contributed by atoms with Crippen molar-refractivity contribution in [2.24, 2.45) is 0 Å². The molecule has 30 heavy (non-hydrogen) atoms. The minimum atomic E-state index is -0.700. The minimum Gasteiger partial charge on any atom is -0.467 e. The first kappa shape index (κ1) is 20.0. The highest BCUT2D eigenvalue weighted by atomic mass is 35.5. The smallest absolute Gasteiger partial charge is 0.325 e. The third-order valence-corrected chi connectivity index (χ3v) is 5.31. The molecule has 8 nitrogen and oxygen atoms in total. The van der Waals surface area contributed by atoms with Gasteiger partial charge in [0.25, 0.3) is 5.91 Å². The number of amides is 4. The van der Waals surface area contributed by atoms with E-state index in [4.69, 9.17) is 16.0 Å². The van der Waals surface area contributed by atoms with Crippen LogP contribution < -0.4 is 10.6 Å². The average molecular weight is 429 g/mol. The van der Waals surface area contributed by atoms with E-state index in [-0.39, 0.29) is 31.2 Å². The Morgan fingerprint density at radius 1 is 1.23 bits per heavy atom. The summed E-state index contributed by atoms with van der Waals surface area (Å²) in [5, 5.41) is 7.22. The number of hydrogen-bond donors (Lipinski definition) is 2. The van der Waals surface area contributed by atoms with Crippen molar-refractivity contribution in [2.45, 2.75) is 32.0 Å². The number of urea groups is 1. The highest BCUT2D eigenvalue weighted by molar-refractivity contribution is 6.31. The lowest BCUT2D eigenvalue weighted by Gasteiger charge is -2.11. The molecule has 1 atom stereocenters. The predicted molar refractivity (Wildman–Crippen MR) is 111 cm³/mol. The lowest BCUT2D eigenvalue weighted by Crippen LogP contribution is -2.33. The Bertz CT molecular complexity index is 1080. The van der Waals surface area contributed by atoms with E-state index in [2.05, 4.69) is 10.6 Å². The van der Waals surface area contributed by atoms with Gasteiger partial charge in [-0.15, -0.1) is 0 Å². The predicted octanol–water partition coefficient (Wildman–Crippen LogP) is 2.90. The van der Waals surface area contributed by atoms with Crippen molar-refractivity contribution in [2.75, 3.05) is 6.54 Å². The first-order valence-corrected chi connectivity index (χ1v) is 10.0. The molecule has 0 unspecified atom stereocenters. The molecule has 9 heteroatoms. The molecular formula is C21H21ClN4O4. The van der Waals surface area contributed by atoms with Crippen LogP contribution in [-0.2, 0) is 22.7 Å². The summed E-state index contributed by atoms with van der Waals surface area (Å²) in [5.41, 5.74) is 1.01. The molecule has 0 radical (unpaired) electrons. The molecule has 1 aromatic carbocycles. The van der Waals surface area contributed by atoms with Gasteiger partial charge in [-0.25, -0.2) is 4.79 Å². The van der Waals surface area contributed by atoms with Crippen LogP contribution in [0.25, 0.3) is 10.9 Å². The number of carbonyl (C=O) groups excluding carboxylic acids is 3. The summed E-state index contributed by atoms with van der Waals surface area (Å²) < 4.78 is 7.21. The zero-order valence-electron chi connectivity index (χ0n) is 16.1. The first-order valence-electron chi connectivity index (χ1n) is 9.66. The van der Waals surface area contributed by atoms with Gasteiger partial charge in [-0.3, -0.25) is 14.5 Å². The summed E-state index contributed by atoms with van der Waals surface area (Å²) >= 11 is 6.06. The number of nitrogens with one attached hydrogen (secondary N) is 2. The fourth-order valence-corrected chi connectivity index (χ4v) is 3.68. The fraction of sp³-hybridized carbons (Fsp3) is 0.286. The van der Waals surface area contributed by atoms with Crippen molar-refractivity contribution in [3.63, 3.8) is 0 Å². The van der Waals surface area contributed by atoms with E-state index in [1.165, 1.54) is 6.26 Å². The van der Waals surface area contributed by atoms with E-state index in [9.17, 15) is 14.4 Å². The number of furan rings is 1. The SMILES string of the molecule is O=C(CC[C@H]1NC(=O)N(Cc2ccco2)C1=O)NCCn1ccc2ccc(Cl)cc21. The molecule has 4 rings (SSSR count). The third kappa shape index (κ3) is 4.33. The van der Waals surface area contributed by atoms with Crippen LogP contribution in [0, 0.1) is 0 Å². The molecule has 1 fully saturated rings. The van der Waals surface area contributed by atoms with Crippen molar-refractivity contribution in [3.05, 3.63) is 59.6 Å².